The van der Waals surface area contributed by atoms with Crippen LogP contribution in [0.25, 0.3) is 0 Å². The van der Waals surface area contributed by atoms with Crippen LogP contribution < -0.4 is 15.4 Å². The van der Waals surface area contributed by atoms with E-state index in [4.69, 9.17) is 16.3 Å². The molecule has 0 aliphatic heterocycles. The Labute approximate surface area is 180 Å². The largest absolute Gasteiger partial charge is 0.495 e. The molecule has 1 atom stereocenters. The number of methoxy groups -OCH3 is 1. The van der Waals surface area contributed by atoms with Crippen LogP contribution in [0.15, 0.2) is 46.8 Å². The first-order valence-corrected chi connectivity index (χ1v) is 10.6. The van der Waals surface area contributed by atoms with Gasteiger partial charge in [-0.05, 0) is 42.8 Å². The number of rotatable bonds is 8. The Morgan fingerprint density at radius 1 is 1.28 bits per heavy atom. The second-order valence-corrected chi connectivity index (χ2v) is 8.92. The third-order valence-corrected chi connectivity index (χ3v) is 6.19. The number of ether oxygens (including phenoxy) is 1. The average molecular weight is 453 g/mol. The Bertz CT molecular complexity index is 985. The molecule has 0 bridgehead atoms. The lowest BCUT2D eigenvalue weighted by atomic mass is 10.2. The molecular weight excluding hydrogens is 435 g/mol. The molecule has 0 saturated carbocycles. The van der Waals surface area contributed by atoms with Gasteiger partial charge in [0.1, 0.15) is 11.6 Å². The van der Waals surface area contributed by atoms with Crippen molar-refractivity contribution in [2.45, 2.75) is 23.1 Å². The van der Waals surface area contributed by atoms with E-state index in [-0.39, 0.29) is 17.0 Å². The van der Waals surface area contributed by atoms with Gasteiger partial charge in [0.25, 0.3) is 0 Å². The minimum absolute atomic E-state index is 0.174. The number of halogens is 2. The van der Waals surface area contributed by atoms with Crippen molar-refractivity contribution in [2.75, 3.05) is 17.7 Å². The first kappa shape index (κ1) is 21.4. The number of nitrogens with zero attached hydrogens (tertiary/aromatic N) is 2. The minimum atomic E-state index is -0.381. The zero-order valence-corrected chi connectivity index (χ0v) is 18.0. The summed E-state index contributed by atoms with van der Waals surface area (Å²) in [4.78, 5) is 12.4. The van der Waals surface area contributed by atoms with Crippen molar-refractivity contribution >= 4 is 51.4 Å². The van der Waals surface area contributed by atoms with Gasteiger partial charge in [-0.2, -0.15) is 0 Å². The van der Waals surface area contributed by atoms with Crippen LogP contribution in [0.1, 0.15) is 12.5 Å². The highest BCUT2D eigenvalue weighted by Gasteiger charge is 2.18. The second-order valence-electron chi connectivity index (χ2n) is 5.95. The van der Waals surface area contributed by atoms with E-state index in [0.717, 1.165) is 5.56 Å². The predicted molar refractivity (Wildman–Crippen MR) is 116 cm³/mol. The molecule has 1 amide bonds. The van der Waals surface area contributed by atoms with Crippen LogP contribution in [0.3, 0.4) is 0 Å². The number of thioether (sulfide) groups is 1. The number of nitrogens with one attached hydrogen (secondary N) is 2. The molecule has 2 aromatic carbocycles. The Kier molecular flexibility index (Phi) is 7.29. The lowest BCUT2D eigenvalue weighted by molar-refractivity contribution is -0.115. The maximum absolute atomic E-state index is 12.9. The smallest absolute Gasteiger partial charge is 0.237 e. The van der Waals surface area contributed by atoms with E-state index < -0.39 is 0 Å². The van der Waals surface area contributed by atoms with Crippen molar-refractivity contribution < 1.29 is 13.9 Å². The summed E-state index contributed by atoms with van der Waals surface area (Å²) in [6, 6.07) is 11.3. The fourth-order valence-corrected chi connectivity index (χ4v) is 4.45. The number of carbonyl (C=O) groups is 1. The average Bonchev–Trinajstić information content (AvgIpc) is 3.15. The molecule has 1 heterocycles. The van der Waals surface area contributed by atoms with Gasteiger partial charge in [-0.25, -0.2) is 4.39 Å². The van der Waals surface area contributed by atoms with Crippen molar-refractivity contribution in [1.29, 1.82) is 0 Å². The topological polar surface area (TPSA) is 76.1 Å². The summed E-state index contributed by atoms with van der Waals surface area (Å²) in [5.74, 6) is 0.0985. The summed E-state index contributed by atoms with van der Waals surface area (Å²) >= 11 is 8.75. The summed E-state index contributed by atoms with van der Waals surface area (Å²) in [5, 5.41) is 14.8. The molecule has 29 heavy (non-hydrogen) atoms. The molecule has 152 valence electrons. The van der Waals surface area contributed by atoms with Crippen LogP contribution in [-0.4, -0.2) is 28.5 Å². The van der Waals surface area contributed by atoms with Crippen molar-refractivity contribution in [3.63, 3.8) is 0 Å². The lowest BCUT2D eigenvalue weighted by Gasteiger charge is -2.11. The molecule has 10 heteroatoms. The fourth-order valence-electron chi connectivity index (χ4n) is 2.30. The van der Waals surface area contributed by atoms with Gasteiger partial charge in [-0.3, -0.25) is 4.79 Å². The standard InChI is InChI=1S/C19H18ClFN4O2S2/c1-11(17(26)23-14-7-8-16(27-2)15(20)9-14)28-19-25-24-18(29-19)22-10-12-3-5-13(21)6-4-12/h3-9,11H,10H2,1-2H3,(H,22,24)(H,23,26). The molecule has 1 aromatic heterocycles. The number of hydrogen-bond acceptors (Lipinski definition) is 7. The fraction of sp³-hybridized carbons (Fsp3) is 0.211. The van der Waals surface area contributed by atoms with Gasteiger partial charge in [0.2, 0.25) is 11.0 Å². The summed E-state index contributed by atoms with van der Waals surface area (Å²) in [7, 11) is 1.53. The van der Waals surface area contributed by atoms with E-state index in [1.54, 1.807) is 37.3 Å². The highest BCUT2D eigenvalue weighted by Crippen LogP contribution is 2.31. The van der Waals surface area contributed by atoms with Crippen LogP contribution in [0.2, 0.25) is 5.02 Å². The zero-order chi connectivity index (χ0) is 20.8. The molecule has 0 fully saturated rings. The van der Waals surface area contributed by atoms with Crippen LogP contribution in [0.4, 0.5) is 15.2 Å². The van der Waals surface area contributed by atoms with Gasteiger partial charge in [0, 0.05) is 12.2 Å². The van der Waals surface area contributed by atoms with Crippen LogP contribution in [0, 0.1) is 5.82 Å². The molecule has 0 radical (unpaired) electrons. The van der Waals surface area contributed by atoms with E-state index in [9.17, 15) is 9.18 Å². The van der Waals surface area contributed by atoms with E-state index in [0.29, 0.717) is 32.5 Å². The van der Waals surface area contributed by atoms with Crippen molar-refractivity contribution in [3.05, 3.63) is 58.9 Å². The van der Waals surface area contributed by atoms with Crippen molar-refractivity contribution in [2.24, 2.45) is 0 Å². The number of anilines is 2. The van der Waals surface area contributed by atoms with Gasteiger partial charge in [-0.1, -0.05) is 46.8 Å². The SMILES string of the molecule is COc1ccc(NC(=O)C(C)Sc2nnc(NCc3ccc(F)cc3)s2)cc1Cl. The van der Waals surface area contributed by atoms with Crippen molar-refractivity contribution in [3.8, 4) is 5.75 Å². The molecule has 0 saturated heterocycles. The third-order valence-electron chi connectivity index (χ3n) is 3.83. The van der Waals surface area contributed by atoms with Crippen LogP contribution >= 0.6 is 34.7 Å². The maximum atomic E-state index is 12.9. The Morgan fingerprint density at radius 2 is 2.03 bits per heavy atom. The second kappa shape index (κ2) is 9.91. The Hall–Kier alpha value is -2.36. The Morgan fingerprint density at radius 3 is 2.72 bits per heavy atom. The molecule has 6 nitrogen and oxygen atoms in total. The van der Waals surface area contributed by atoms with Gasteiger partial charge in [-0.15, -0.1) is 10.2 Å². The first-order chi connectivity index (χ1) is 13.9. The molecule has 3 rings (SSSR count). The summed E-state index contributed by atoms with van der Waals surface area (Å²) in [5.41, 5.74) is 1.52. The van der Waals surface area contributed by atoms with Crippen LogP contribution in [-0.2, 0) is 11.3 Å². The van der Waals surface area contributed by atoms with Gasteiger partial charge in [0.15, 0.2) is 4.34 Å². The predicted octanol–water partition coefficient (Wildman–Crippen LogP) is 5.07. The van der Waals surface area contributed by atoms with Gasteiger partial charge >= 0.3 is 0 Å². The number of aromatic nitrogens is 2. The molecule has 1 unspecified atom stereocenters. The number of amides is 1. The molecular formula is C19H18ClFN4O2S2. The highest BCUT2D eigenvalue weighted by atomic mass is 35.5. The quantitative estimate of drug-likeness (QED) is 0.465. The van der Waals surface area contributed by atoms with E-state index in [1.165, 1.54) is 42.3 Å². The highest BCUT2D eigenvalue weighted by molar-refractivity contribution is 8.02. The molecule has 2 N–H and O–H groups in total. The van der Waals surface area contributed by atoms with Crippen LogP contribution in [0.5, 0.6) is 5.75 Å². The monoisotopic (exact) mass is 452 g/mol. The number of benzene rings is 2. The first-order valence-electron chi connectivity index (χ1n) is 8.57. The molecule has 0 aliphatic rings. The minimum Gasteiger partial charge on any atom is -0.495 e. The van der Waals surface area contributed by atoms with Crippen molar-refractivity contribution in [1.82, 2.24) is 10.2 Å². The molecule has 0 spiro atoms. The summed E-state index contributed by atoms with van der Waals surface area (Å²) < 4.78 is 18.7. The van der Waals surface area contributed by atoms with E-state index in [2.05, 4.69) is 20.8 Å². The lowest BCUT2D eigenvalue weighted by Crippen LogP contribution is -2.22. The third kappa shape index (κ3) is 6.06. The summed E-state index contributed by atoms with van der Waals surface area (Å²) in [6.45, 7) is 2.30. The Balaban J connectivity index is 1.52. The van der Waals surface area contributed by atoms with E-state index in [1.807, 2.05) is 0 Å². The van der Waals surface area contributed by atoms with E-state index >= 15 is 0 Å². The number of hydrogen-bond donors (Lipinski definition) is 2. The normalized spacial score (nSPS) is 11.7. The molecule has 3 aromatic rings. The summed E-state index contributed by atoms with van der Waals surface area (Å²) in [6.07, 6.45) is 0. The van der Waals surface area contributed by atoms with Gasteiger partial charge in [0.05, 0.1) is 17.4 Å². The molecule has 0 aliphatic carbocycles. The number of carbonyl (C=O) groups excluding carboxylic acids is 1. The van der Waals surface area contributed by atoms with Gasteiger partial charge < -0.3 is 15.4 Å². The maximum Gasteiger partial charge on any atom is 0.237 e. The zero-order valence-electron chi connectivity index (χ0n) is 15.6.